The summed E-state index contributed by atoms with van der Waals surface area (Å²) in [5, 5.41) is 0. The zero-order valence-corrected chi connectivity index (χ0v) is 13.9. The fourth-order valence-electron chi connectivity index (χ4n) is 2.15. The molecule has 0 atom stereocenters. The van der Waals surface area contributed by atoms with Crippen LogP contribution in [0.2, 0.25) is 0 Å². The van der Waals surface area contributed by atoms with Crippen molar-refractivity contribution in [2.45, 2.75) is 66.2 Å². The highest BCUT2D eigenvalue weighted by Crippen LogP contribution is 2.52. The van der Waals surface area contributed by atoms with Crippen LogP contribution in [0.25, 0.3) is 0 Å². The van der Waals surface area contributed by atoms with Crippen molar-refractivity contribution >= 4 is 18.8 Å². The Morgan fingerprint density at radius 2 is 1.41 bits per heavy atom. The average molecular weight is 280 g/mol. The zero-order valence-electron chi connectivity index (χ0n) is 12.2. The van der Waals surface area contributed by atoms with E-state index >= 15 is 0 Å². The van der Waals surface area contributed by atoms with Crippen molar-refractivity contribution in [3.05, 3.63) is 0 Å². The summed E-state index contributed by atoms with van der Waals surface area (Å²) in [6, 6.07) is 0. The van der Waals surface area contributed by atoms with E-state index < -0.39 is 7.05 Å². The van der Waals surface area contributed by atoms with Gasteiger partial charge in [-0.2, -0.15) is 4.26 Å². The molecule has 0 rings (SSSR count). The van der Waals surface area contributed by atoms with E-state index in [1.165, 1.54) is 57.0 Å². The Labute approximate surface area is 114 Å². The van der Waals surface area contributed by atoms with Crippen molar-refractivity contribution in [2.75, 3.05) is 18.5 Å². The Balaban J connectivity index is 4.34. The SMILES string of the molecule is CCCCP(CCCC)(CCCC(C)C)=NCl. The molecule has 17 heavy (non-hydrogen) atoms. The van der Waals surface area contributed by atoms with Crippen LogP contribution in [0.1, 0.15) is 66.2 Å². The van der Waals surface area contributed by atoms with Crippen LogP contribution < -0.4 is 0 Å². The first kappa shape index (κ1) is 17.5. The van der Waals surface area contributed by atoms with Crippen LogP contribution in [0.3, 0.4) is 0 Å². The second kappa shape index (κ2) is 10.4. The molecule has 0 N–H and O–H groups in total. The number of nitrogens with zero attached hydrogens (tertiary/aromatic N) is 1. The number of rotatable bonds is 10. The Hall–Kier alpha value is 0.520. The molecule has 0 saturated heterocycles. The smallest absolute Gasteiger partial charge is 0.0349 e. The highest BCUT2D eigenvalue weighted by Gasteiger charge is 2.18. The lowest BCUT2D eigenvalue weighted by atomic mass is 10.1. The van der Waals surface area contributed by atoms with Crippen LogP contribution in [0, 0.1) is 5.92 Å². The van der Waals surface area contributed by atoms with Crippen molar-refractivity contribution in [1.29, 1.82) is 0 Å². The fourth-order valence-corrected chi connectivity index (χ4v) is 6.31. The molecule has 0 fully saturated rings. The molecule has 0 amide bonds. The lowest BCUT2D eigenvalue weighted by Crippen LogP contribution is -2.02. The number of unbranched alkanes of at least 4 members (excludes halogenated alkanes) is 2. The van der Waals surface area contributed by atoms with Crippen molar-refractivity contribution in [3.8, 4) is 0 Å². The highest BCUT2D eigenvalue weighted by molar-refractivity contribution is 7.66. The van der Waals surface area contributed by atoms with Gasteiger partial charge in [0.2, 0.25) is 0 Å². The monoisotopic (exact) mass is 279 g/mol. The maximum atomic E-state index is 5.99. The van der Waals surface area contributed by atoms with E-state index in [4.69, 9.17) is 11.8 Å². The first-order valence-electron chi connectivity index (χ1n) is 7.29. The zero-order chi connectivity index (χ0) is 13.1. The summed E-state index contributed by atoms with van der Waals surface area (Å²) >= 11 is 5.99. The number of hydrogen-bond acceptors (Lipinski definition) is 1. The van der Waals surface area contributed by atoms with Gasteiger partial charge >= 0.3 is 0 Å². The van der Waals surface area contributed by atoms with Gasteiger partial charge in [-0.25, -0.2) is 0 Å². The van der Waals surface area contributed by atoms with E-state index in [9.17, 15) is 0 Å². The molecule has 0 aliphatic heterocycles. The summed E-state index contributed by atoms with van der Waals surface area (Å²) in [6.07, 6.45) is 11.6. The van der Waals surface area contributed by atoms with E-state index in [1.54, 1.807) is 0 Å². The van der Waals surface area contributed by atoms with Gasteiger partial charge in [0.05, 0.1) is 0 Å². The van der Waals surface area contributed by atoms with Crippen molar-refractivity contribution in [2.24, 2.45) is 10.2 Å². The molecule has 0 saturated carbocycles. The van der Waals surface area contributed by atoms with Gasteiger partial charge in [0, 0.05) is 11.8 Å². The molecule has 0 bridgehead atoms. The molecule has 0 spiro atoms. The Bertz CT molecular complexity index is 214. The Kier molecular flexibility index (Phi) is 10.8. The maximum absolute atomic E-state index is 5.99. The summed E-state index contributed by atoms with van der Waals surface area (Å²) in [5.41, 5.74) is 0. The highest BCUT2D eigenvalue weighted by atomic mass is 35.5. The molecule has 3 heteroatoms. The molecular weight excluding hydrogens is 249 g/mol. The minimum absolute atomic E-state index is 0.810. The summed E-state index contributed by atoms with van der Waals surface area (Å²) in [6.45, 7) is 9.12. The van der Waals surface area contributed by atoms with E-state index in [0.29, 0.717) is 0 Å². The van der Waals surface area contributed by atoms with E-state index in [1.807, 2.05) is 0 Å². The van der Waals surface area contributed by atoms with Gasteiger partial charge in [-0.15, -0.1) is 0 Å². The molecule has 1 nitrogen and oxygen atoms in total. The molecular formula is C14H31ClNP. The first-order chi connectivity index (χ1) is 8.10. The fraction of sp³-hybridized carbons (Fsp3) is 1.00. The summed E-state index contributed by atoms with van der Waals surface area (Å²) in [5.74, 6) is 0.810. The van der Waals surface area contributed by atoms with Crippen LogP contribution in [0.15, 0.2) is 4.26 Å². The van der Waals surface area contributed by atoms with E-state index in [0.717, 1.165) is 5.92 Å². The van der Waals surface area contributed by atoms with Crippen LogP contribution in [-0.4, -0.2) is 18.5 Å². The van der Waals surface area contributed by atoms with E-state index in [-0.39, 0.29) is 0 Å². The van der Waals surface area contributed by atoms with Crippen molar-refractivity contribution < 1.29 is 0 Å². The molecule has 0 aromatic rings. The van der Waals surface area contributed by atoms with Gasteiger partial charge < -0.3 is 0 Å². The quantitative estimate of drug-likeness (QED) is 0.412. The second-order valence-corrected chi connectivity index (χ2v) is 9.72. The standard InChI is InChI=1S/C14H31ClNP/c1-5-7-11-17(16-15,12-8-6-2)13-9-10-14(3)4/h14H,5-13H2,1-4H3. The summed E-state index contributed by atoms with van der Waals surface area (Å²) in [7, 11) is -1.18. The molecule has 0 heterocycles. The average Bonchev–Trinajstić information content (AvgIpc) is 2.32. The number of halogens is 1. The first-order valence-corrected chi connectivity index (χ1v) is 9.93. The normalized spacial score (nSPS) is 12.1. The predicted molar refractivity (Wildman–Crippen MR) is 83.7 cm³/mol. The van der Waals surface area contributed by atoms with Crippen LogP contribution in [0.4, 0.5) is 0 Å². The third-order valence-electron chi connectivity index (χ3n) is 3.37. The lowest BCUT2D eigenvalue weighted by molar-refractivity contribution is 0.577. The Morgan fingerprint density at radius 3 is 1.76 bits per heavy atom. The van der Waals surface area contributed by atoms with E-state index in [2.05, 4.69) is 32.0 Å². The molecule has 0 aliphatic rings. The lowest BCUT2D eigenvalue weighted by Gasteiger charge is -2.23. The third-order valence-corrected chi connectivity index (χ3v) is 8.10. The largest absolute Gasteiger partial charge is 0.198 e. The molecule has 0 aromatic heterocycles. The van der Waals surface area contributed by atoms with Crippen LogP contribution >= 0.6 is 18.8 Å². The summed E-state index contributed by atoms with van der Waals surface area (Å²) < 4.78 is 4.37. The van der Waals surface area contributed by atoms with Gasteiger partial charge in [-0.1, -0.05) is 47.0 Å². The van der Waals surface area contributed by atoms with Gasteiger partial charge in [-0.05, 0) is 50.7 Å². The predicted octanol–water partition coefficient (Wildman–Crippen LogP) is 6.38. The van der Waals surface area contributed by atoms with Gasteiger partial charge in [-0.3, -0.25) is 0 Å². The maximum Gasteiger partial charge on any atom is 0.0349 e. The van der Waals surface area contributed by atoms with Crippen molar-refractivity contribution in [3.63, 3.8) is 0 Å². The van der Waals surface area contributed by atoms with Gasteiger partial charge in [0.15, 0.2) is 0 Å². The molecule has 104 valence electrons. The molecule has 0 aromatic carbocycles. The third kappa shape index (κ3) is 8.27. The number of hydrogen-bond donors (Lipinski definition) is 0. The minimum Gasteiger partial charge on any atom is -0.198 e. The van der Waals surface area contributed by atoms with Gasteiger partial charge in [0.1, 0.15) is 0 Å². The van der Waals surface area contributed by atoms with Crippen LogP contribution in [-0.2, 0) is 0 Å². The van der Waals surface area contributed by atoms with Gasteiger partial charge in [0.25, 0.3) is 0 Å². The summed E-state index contributed by atoms with van der Waals surface area (Å²) in [4.78, 5) is 0. The molecule has 0 aliphatic carbocycles. The second-order valence-electron chi connectivity index (χ2n) is 5.58. The van der Waals surface area contributed by atoms with Crippen LogP contribution in [0.5, 0.6) is 0 Å². The molecule has 0 radical (unpaired) electrons. The Morgan fingerprint density at radius 1 is 0.941 bits per heavy atom. The topological polar surface area (TPSA) is 12.4 Å². The minimum atomic E-state index is -1.18. The van der Waals surface area contributed by atoms with Crippen molar-refractivity contribution in [1.82, 2.24) is 0 Å². The molecule has 0 unspecified atom stereocenters.